The van der Waals surface area contributed by atoms with E-state index in [2.05, 4.69) is 41.4 Å². The molecule has 3 nitrogen and oxygen atoms in total. The molecule has 0 amide bonds. The summed E-state index contributed by atoms with van der Waals surface area (Å²) in [6, 6.07) is 8.82. The van der Waals surface area contributed by atoms with Crippen molar-refractivity contribution in [2.75, 3.05) is 33.2 Å². The Labute approximate surface area is 115 Å². The number of piperazine rings is 1. The number of aryl methyl sites for hydroxylation is 1. The Hall–Kier alpha value is -1.13. The SMILES string of the molecule is CNC(=S)N1CC[NH+](Cc2cccc(C)c2)CC1. The zero-order valence-corrected chi connectivity index (χ0v) is 12.0. The highest BCUT2D eigenvalue weighted by Gasteiger charge is 2.21. The molecule has 0 spiro atoms. The van der Waals surface area contributed by atoms with E-state index in [0.717, 1.165) is 37.8 Å². The minimum atomic E-state index is 0.879. The van der Waals surface area contributed by atoms with Crippen LogP contribution in [0, 0.1) is 6.92 Å². The molecule has 0 unspecified atom stereocenters. The molecule has 1 heterocycles. The maximum atomic E-state index is 5.27. The molecule has 1 aromatic carbocycles. The highest BCUT2D eigenvalue weighted by atomic mass is 32.1. The van der Waals surface area contributed by atoms with Crippen molar-refractivity contribution in [3.05, 3.63) is 35.4 Å². The molecular weight excluding hydrogens is 242 g/mol. The van der Waals surface area contributed by atoms with Gasteiger partial charge >= 0.3 is 0 Å². The largest absolute Gasteiger partial charge is 0.366 e. The fourth-order valence-corrected chi connectivity index (χ4v) is 2.65. The highest BCUT2D eigenvalue weighted by Crippen LogP contribution is 2.02. The molecule has 98 valence electrons. The second-order valence-electron chi connectivity index (χ2n) is 4.96. The van der Waals surface area contributed by atoms with Crippen molar-refractivity contribution >= 4 is 17.3 Å². The lowest BCUT2D eigenvalue weighted by Gasteiger charge is -2.33. The zero-order valence-electron chi connectivity index (χ0n) is 11.2. The van der Waals surface area contributed by atoms with Crippen molar-refractivity contribution in [2.45, 2.75) is 13.5 Å². The van der Waals surface area contributed by atoms with E-state index in [1.54, 1.807) is 4.90 Å². The summed E-state index contributed by atoms with van der Waals surface area (Å²) in [6.45, 7) is 7.72. The van der Waals surface area contributed by atoms with Crippen LogP contribution >= 0.6 is 12.2 Å². The van der Waals surface area contributed by atoms with Crippen LogP contribution in [0.3, 0.4) is 0 Å². The summed E-state index contributed by atoms with van der Waals surface area (Å²) < 4.78 is 0. The Balaban J connectivity index is 1.85. The van der Waals surface area contributed by atoms with E-state index in [1.165, 1.54) is 11.1 Å². The van der Waals surface area contributed by atoms with Crippen molar-refractivity contribution in [3.8, 4) is 0 Å². The van der Waals surface area contributed by atoms with Gasteiger partial charge in [-0.15, -0.1) is 0 Å². The van der Waals surface area contributed by atoms with Gasteiger partial charge in [0.05, 0.1) is 26.2 Å². The number of nitrogens with one attached hydrogen (secondary N) is 2. The topological polar surface area (TPSA) is 19.7 Å². The third-order valence-corrected chi connectivity index (χ3v) is 3.97. The third kappa shape index (κ3) is 3.43. The fourth-order valence-electron chi connectivity index (χ4n) is 2.47. The van der Waals surface area contributed by atoms with Crippen LogP contribution in [-0.4, -0.2) is 43.2 Å². The maximum absolute atomic E-state index is 5.27. The molecule has 1 saturated heterocycles. The van der Waals surface area contributed by atoms with Crippen LogP contribution in [0.4, 0.5) is 0 Å². The van der Waals surface area contributed by atoms with Gasteiger partial charge in [-0.3, -0.25) is 0 Å². The van der Waals surface area contributed by atoms with E-state index in [0.29, 0.717) is 0 Å². The fraction of sp³-hybridized carbons (Fsp3) is 0.500. The Morgan fingerprint density at radius 2 is 2.11 bits per heavy atom. The lowest BCUT2D eigenvalue weighted by Crippen LogP contribution is -3.13. The molecule has 18 heavy (non-hydrogen) atoms. The summed E-state index contributed by atoms with van der Waals surface area (Å²) in [7, 11) is 1.90. The lowest BCUT2D eigenvalue weighted by molar-refractivity contribution is -0.917. The van der Waals surface area contributed by atoms with Crippen molar-refractivity contribution in [1.82, 2.24) is 10.2 Å². The summed E-state index contributed by atoms with van der Waals surface area (Å²) in [4.78, 5) is 3.91. The second kappa shape index (κ2) is 6.16. The normalized spacial score (nSPS) is 16.7. The molecule has 4 heteroatoms. The summed E-state index contributed by atoms with van der Waals surface area (Å²) in [5.41, 5.74) is 2.79. The average molecular weight is 264 g/mol. The van der Waals surface area contributed by atoms with E-state index in [9.17, 15) is 0 Å². The number of quaternary nitrogens is 1. The number of rotatable bonds is 2. The third-order valence-electron chi connectivity index (χ3n) is 3.51. The van der Waals surface area contributed by atoms with Gasteiger partial charge in [0, 0.05) is 12.6 Å². The van der Waals surface area contributed by atoms with Gasteiger partial charge in [0.25, 0.3) is 0 Å². The van der Waals surface area contributed by atoms with Crippen molar-refractivity contribution < 1.29 is 4.90 Å². The summed E-state index contributed by atoms with van der Waals surface area (Å²) in [5.74, 6) is 0. The molecule has 2 rings (SSSR count). The number of benzene rings is 1. The Morgan fingerprint density at radius 3 is 2.72 bits per heavy atom. The number of thiocarbonyl (C=S) groups is 1. The summed E-state index contributed by atoms with van der Waals surface area (Å²) >= 11 is 5.27. The molecule has 0 bridgehead atoms. The quantitative estimate of drug-likeness (QED) is 0.745. The van der Waals surface area contributed by atoms with Crippen LogP contribution in [0.5, 0.6) is 0 Å². The van der Waals surface area contributed by atoms with E-state index in [4.69, 9.17) is 12.2 Å². The van der Waals surface area contributed by atoms with E-state index >= 15 is 0 Å². The van der Waals surface area contributed by atoms with Crippen molar-refractivity contribution in [1.29, 1.82) is 0 Å². The van der Waals surface area contributed by atoms with Crippen LogP contribution in [0.2, 0.25) is 0 Å². The van der Waals surface area contributed by atoms with E-state index in [1.807, 2.05) is 7.05 Å². The minimum absolute atomic E-state index is 0.879. The first-order chi connectivity index (χ1) is 8.69. The van der Waals surface area contributed by atoms with Gasteiger partial charge in [0.1, 0.15) is 6.54 Å². The van der Waals surface area contributed by atoms with Crippen LogP contribution < -0.4 is 10.2 Å². The molecule has 0 atom stereocenters. The Morgan fingerprint density at radius 1 is 1.39 bits per heavy atom. The molecule has 1 aliphatic heterocycles. The molecule has 0 radical (unpaired) electrons. The van der Waals surface area contributed by atoms with Gasteiger partial charge in [-0.25, -0.2) is 0 Å². The molecule has 2 N–H and O–H groups in total. The number of hydrogen-bond donors (Lipinski definition) is 2. The first-order valence-electron chi connectivity index (χ1n) is 6.55. The molecule has 1 fully saturated rings. The molecule has 1 aliphatic rings. The van der Waals surface area contributed by atoms with Crippen LogP contribution in [0.15, 0.2) is 24.3 Å². The molecule has 0 aliphatic carbocycles. The predicted molar refractivity (Wildman–Crippen MR) is 78.8 cm³/mol. The minimum Gasteiger partial charge on any atom is -0.366 e. The smallest absolute Gasteiger partial charge is 0.169 e. The van der Waals surface area contributed by atoms with Gasteiger partial charge in [-0.1, -0.05) is 29.8 Å². The molecule has 1 aromatic rings. The van der Waals surface area contributed by atoms with E-state index in [-0.39, 0.29) is 0 Å². The Kier molecular flexibility index (Phi) is 4.55. The molecule has 0 saturated carbocycles. The van der Waals surface area contributed by atoms with Crippen LogP contribution in [0.1, 0.15) is 11.1 Å². The first kappa shape index (κ1) is 13.3. The molecular formula is C14H22N3S+. The van der Waals surface area contributed by atoms with Gasteiger partial charge in [-0.05, 0) is 19.1 Å². The summed E-state index contributed by atoms with van der Waals surface area (Å²) in [6.07, 6.45) is 0. The standard InChI is InChI=1S/C14H21N3S/c1-12-4-3-5-13(10-12)11-16-6-8-17(9-7-16)14(18)15-2/h3-5,10H,6-9,11H2,1-2H3,(H,15,18)/p+1. The van der Waals surface area contributed by atoms with Crippen LogP contribution in [0.25, 0.3) is 0 Å². The van der Waals surface area contributed by atoms with Crippen LogP contribution in [-0.2, 0) is 6.54 Å². The zero-order chi connectivity index (χ0) is 13.0. The summed E-state index contributed by atoms with van der Waals surface area (Å²) in [5, 5.41) is 3.93. The number of hydrogen-bond acceptors (Lipinski definition) is 1. The van der Waals surface area contributed by atoms with Gasteiger partial charge in [-0.2, -0.15) is 0 Å². The van der Waals surface area contributed by atoms with Crippen molar-refractivity contribution in [2.24, 2.45) is 0 Å². The Bertz CT molecular complexity index is 411. The average Bonchev–Trinajstić information content (AvgIpc) is 2.39. The predicted octanol–water partition coefficient (Wildman–Crippen LogP) is 0.200. The van der Waals surface area contributed by atoms with Gasteiger partial charge in [0.2, 0.25) is 0 Å². The highest BCUT2D eigenvalue weighted by molar-refractivity contribution is 7.80. The monoisotopic (exact) mass is 264 g/mol. The van der Waals surface area contributed by atoms with Gasteiger partial charge < -0.3 is 15.1 Å². The number of nitrogens with zero attached hydrogens (tertiary/aromatic N) is 1. The maximum Gasteiger partial charge on any atom is 0.169 e. The van der Waals surface area contributed by atoms with Crippen molar-refractivity contribution in [3.63, 3.8) is 0 Å². The second-order valence-corrected chi connectivity index (χ2v) is 5.34. The molecule has 0 aromatic heterocycles. The first-order valence-corrected chi connectivity index (χ1v) is 6.95. The lowest BCUT2D eigenvalue weighted by atomic mass is 10.1. The van der Waals surface area contributed by atoms with E-state index < -0.39 is 0 Å². The van der Waals surface area contributed by atoms with Gasteiger partial charge in [0.15, 0.2) is 5.11 Å².